The van der Waals surface area contributed by atoms with Crippen molar-refractivity contribution in [2.24, 2.45) is 0 Å². The summed E-state index contributed by atoms with van der Waals surface area (Å²) in [5.41, 5.74) is 4.89. The van der Waals surface area contributed by atoms with Gasteiger partial charge in [-0.3, -0.25) is 9.78 Å². The van der Waals surface area contributed by atoms with E-state index in [-0.39, 0.29) is 6.54 Å². The summed E-state index contributed by atoms with van der Waals surface area (Å²) in [5, 5.41) is 10.3. The predicted molar refractivity (Wildman–Crippen MR) is 151 cm³/mol. The Morgan fingerprint density at radius 3 is 2.26 bits per heavy atom. The standard InChI is InChI=1S/C18H16N2S2.C3H7NO2.C3H8S.CH2O/c1-14-9-10-16(12-18(14)15-6-3-2-4-7-15)20-22-21-17-8-5-11-19-13-17;1-4-2-3(5)6;1-3-4-2;1-2/h2-13,20H,1H3;4H,2H2,1H3,(H,5,6);3H2,1-2H3;1H2. The van der Waals surface area contributed by atoms with Crippen LogP contribution in [0.15, 0.2) is 78.0 Å². The molecule has 3 aromatic rings. The van der Waals surface area contributed by atoms with Gasteiger partial charge in [-0.25, -0.2) is 0 Å². The zero-order valence-corrected chi connectivity index (χ0v) is 22.4. The number of hydrogen-bond donors (Lipinski definition) is 3. The van der Waals surface area contributed by atoms with Crippen molar-refractivity contribution in [3.63, 3.8) is 0 Å². The fraction of sp³-hybridized carbons (Fsp3) is 0.240. The SMILES string of the molecule is C=O.CCSC.CNCC(=O)O.Cc1ccc(NSSc2cccnc2)cc1-c1ccccc1. The minimum absolute atomic E-state index is 0.0417. The maximum absolute atomic E-state index is 9.54. The number of hydrogen-bond acceptors (Lipinski definition) is 8. The highest BCUT2D eigenvalue weighted by Crippen LogP contribution is 2.33. The molecule has 0 aliphatic carbocycles. The first-order chi connectivity index (χ1) is 16.5. The maximum Gasteiger partial charge on any atom is 0.317 e. The van der Waals surface area contributed by atoms with Crippen LogP contribution in [-0.2, 0) is 9.59 Å². The molecule has 0 unspecified atom stereocenters. The Labute approximate surface area is 215 Å². The van der Waals surface area contributed by atoms with Crippen LogP contribution in [0.2, 0.25) is 0 Å². The molecule has 0 atom stereocenters. The largest absolute Gasteiger partial charge is 0.480 e. The number of likely N-dealkylation sites (N-methyl/N-ethyl adjacent to an activating group) is 1. The van der Waals surface area contributed by atoms with E-state index in [0.717, 1.165) is 10.6 Å². The van der Waals surface area contributed by atoms with E-state index < -0.39 is 5.97 Å². The fourth-order valence-corrected chi connectivity index (χ4v) is 3.88. The van der Waals surface area contributed by atoms with Gasteiger partial charge in [0, 0.05) is 34.0 Å². The number of nitrogens with zero attached hydrogens (tertiary/aromatic N) is 1. The number of aryl methyl sites for hydroxylation is 1. The number of aliphatic carboxylic acids is 1. The third kappa shape index (κ3) is 14.6. The second kappa shape index (κ2) is 21.1. The van der Waals surface area contributed by atoms with Crippen molar-refractivity contribution in [1.29, 1.82) is 0 Å². The highest BCUT2D eigenvalue weighted by molar-refractivity contribution is 8.77. The van der Waals surface area contributed by atoms with E-state index in [1.807, 2.05) is 36.9 Å². The number of carboxylic acids is 1. The monoisotopic (exact) mass is 519 g/mol. The zero-order chi connectivity index (χ0) is 25.6. The number of carbonyl (C=O) groups is 2. The Kier molecular flexibility index (Phi) is 19.6. The number of carbonyl (C=O) groups excluding carboxylic acids is 1. The van der Waals surface area contributed by atoms with Crippen LogP contribution in [0, 0.1) is 6.92 Å². The van der Waals surface area contributed by atoms with Crippen molar-refractivity contribution in [3.05, 3.63) is 78.6 Å². The van der Waals surface area contributed by atoms with Gasteiger partial charge in [0.25, 0.3) is 0 Å². The van der Waals surface area contributed by atoms with E-state index in [4.69, 9.17) is 9.90 Å². The van der Waals surface area contributed by atoms with E-state index in [2.05, 4.69) is 83.7 Å². The van der Waals surface area contributed by atoms with Gasteiger partial charge in [0.15, 0.2) is 0 Å². The summed E-state index contributed by atoms with van der Waals surface area (Å²) in [6.45, 7) is 6.33. The first kappa shape index (κ1) is 31.5. The first-order valence-electron chi connectivity index (χ1n) is 10.3. The lowest BCUT2D eigenvalue weighted by atomic mass is 10.0. The Balaban J connectivity index is 0.000000762. The van der Waals surface area contributed by atoms with Crippen molar-refractivity contribution in [2.75, 3.05) is 30.3 Å². The molecule has 6 nitrogen and oxygen atoms in total. The van der Waals surface area contributed by atoms with Crippen molar-refractivity contribution in [1.82, 2.24) is 10.3 Å². The number of aromatic nitrogens is 1. The molecule has 0 saturated heterocycles. The van der Waals surface area contributed by atoms with Crippen LogP contribution < -0.4 is 10.0 Å². The molecule has 1 aromatic heterocycles. The Bertz CT molecular complexity index is 915. The molecule has 0 bridgehead atoms. The van der Waals surface area contributed by atoms with Crippen LogP contribution in [0.25, 0.3) is 11.1 Å². The Morgan fingerprint density at radius 2 is 1.76 bits per heavy atom. The van der Waals surface area contributed by atoms with Crippen molar-refractivity contribution >= 4 is 52.0 Å². The molecule has 0 aliphatic rings. The second-order valence-corrected chi connectivity index (χ2v) is 9.52. The van der Waals surface area contributed by atoms with Crippen LogP contribution in [0.1, 0.15) is 12.5 Å². The van der Waals surface area contributed by atoms with Gasteiger partial charge in [-0.1, -0.05) is 43.3 Å². The van der Waals surface area contributed by atoms with Crippen molar-refractivity contribution in [3.8, 4) is 11.1 Å². The lowest BCUT2D eigenvalue weighted by Crippen LogP contribution is -2.16. The third-order valence-corrected chi connectivity index (χ3v) is 6.36. The minimum atomic E-state index is -0.822. The quantitative estimate of drug-likeness (QED) is 0.234. The normalized spacial score (nSPS) is 9.18. The predicted octanol–water partition coefficient (Wildman–Crippen LogP) is 6.30. The van der Waals surface area contributed by atoms with E-state index in [0.29, 0.717) is 0 Å². The van der Waals surface area contributed by atoms with E-state index in [1.54, 1.807) is 35.0 Å². The zero-order valence-electron chi connectivity index (χ0n) is 20.0. The van der Waals surface area contributed by atoms with Gasteiger partial charge >= 0.3 is 5.97 Å². The van der Waals surface area contributed by atoms with Crippen molar-refractivity contribution in [2.45, 2.75) is 18.7 Å². The molecule has 1 heterocycles. The fourth-order valence-electron chi connectivity index (χ4n) is 2.28. The van der Waals surface area contributed by atoms with Gasteiger partial charge in [0.05, 0.1) is 6.54 Å². The van der Waals surface area contributed by atoms with Crippen LogP contribution in [0.5, 0.6) is 0 Å². The van der Waals surface area contributed by atoms with Gasteiger partial charge in [-0.05, 0) is 77.7 Å². The number of carboxylic acid groups (broad SMARTS) is 1. The Hall–Kier alpha value is -2.46. The van der Waals surface area contributed by atoms with Gasteiger partial charge in [-0.2, -0.15) is 11.8 Å². The average Bonchev–Trinajstić information content (AvgIpc) is 2.88. The van der Waals surface area contributed by atoms with Gasteiger partial charge in [0.1, 0.15) is 6.79 Å². The molecular formula is C25H33N3O3S3. The summed E-state index contributed by atoms with van der Waals surface area (Å²) < 4.78 is 3.38. The molecule has 0 amide bonds. The number of anilines is 1. The molecule has 3 N–H and O–H groups in total. The topological polar surface area (TPSA) is 91.3 Å². The summed E-state index contributed by atoms with van der Waals surface area (Å²) in [5.74, 6) is 0.414. The van der Waals surface area contributed by atoms with E-state index in [9.17, 15) is 4.79 Å². The molecule has 2 aromatic carbocycles. The first-order valence-corrected chi connectivity index (χ1v) is 13.9. The van der Waals surface area contributed by atoms with Gasteiger partial charge in [0.2, 0.25) is 0 Å². The summed E-state index contributed by atoms with van der Waals surface area (Å²) in [6, 6.07) is 20.9. The van der Waals surface area contributed by atoms with E-state index in [1.165, 1.54) is 22.4 Å². The van der Waals surface area contributed by atoms with Crippen LogP contribution >= 0.6 is 33.5 Å². The molecule has 0 spiro atoms. The van der Waals surface area contributed by atoms with Gasteiger partial charge in [-0.15, -0.1) is 0 Å². The molecule has 0 fully saturated rings. The highest BCUT2D eigenvalue weighted by atomic mass is 33.1. The molecule has 0 saturated carbocycles. The molecule has 0 aliphatic heterocycles. The lowest BCUT2D eigenvalue weighted by Gasteiger charge is -2.10. The van der Waals surface area contributed by atoms with Crippen molar-refractivity contribution < 1.29 is 14.7 Å². The summed E-state index contributed by atoms with van der Waals surface area (Å²) in [6.07, 6.45) is 5.75. The molecule has 0 radical (unpaired) electrons. The smallest absolute Gasteiger partial charge is 0.317 e. The summed E-state index contributed by atoms with van der Waals surface area (Å²) in [4.78, 5) is 22.8. The third-order valence-electron chi connectivity index (χ3n) is 3.87. The summed E-state index contributed by atoms with van der Waals surface area (Å²) in [7, 11) is 4.85. The van der Waals surface area contributed by atoms with E-state index >= 15 is 0 Å². The number of benzene rings is 2. The minimum Gasteiger partial charge on any atom is -0.480 e. The Morgan fingerprint density at radius 1 is 1.09 bits per heavy atom. The van der Waals surface area contributed by atoms with Crippen LogP contribution in [-0.4, -0.2) is 48.4 Å². The molecular weight excluding hydrogens is 486 g/mol. The second-order valence-electron chi connectivity index (χ2n) is 6.35. The maximum atomic E-state index is 9.54. The number of nitrogens with one attached hydrogen (secondary N) is 2. The molecule has 184 valence electrons. The van der Waals surface area contributed by atoms with Crippen LogP contribution in [0.3, 0.4) is 0 Å². The van der Waals surface area contributed by atoms with Gasteiger partial charge < -0.3 is 19.9 Å². The number of rotatable bonds is 8. The lowest BCUT2D eigenvalue weighted by molar-refractivity contribution is -0.135. The molecule has 3 rings (SSSR count). The average molecular weight is 520 g/mol. The number of pyridine rings is 1. The molecule has 9 heteroatoms. The summed E-state index contributed by atoms with van der Waals surface area (Å²) >= 11 is 1.86. The van der Waals surface area contributed by atoms with Crippen LogP contribution in [0.4, 0.5) is 5.69 Å². The number of thioether (sulfide) groups is 1. The highest BCUT2D eigenvalue weighted by Gasteiger charge is 2.03. The molecule has 34 heavy (non-hydrogen) atoms.